The van der Waals surface area contributed by atoms with E-state index in [0.717, 1.165) is 17.5 Å². The topological polar surface area (TPSA) is 71.5 Å². The molecule has 0 atom stereocenters. The molecule has 0 aromatic carbocycles. The van der Waals surface area contributed by atoms with Gasteiger partial charge in [0.2, 0.25) is 0 Å². The van der Waals surface area contributed by atoms with Crippen LogP contribution in [-0.4, -0.2) is 21.8 Å². The lowest BCUT2D eigenvalue weighted by Gasteiger charge is -2.19. The van der Waals surface area contributed by atoms with Crippen molar-refractivity contribution in [3.05, 3.63) is 30.2 Å². The van der Waals surface area contributed by atoms with Crippen molar-refractivity contribution in [2.75, 3.05) is 5.32 Å². The molecule has 21 heavy (non-hydrogen) atoms. The van der Waals surface area contributed by atoms with E-state index >= 15 is 0 Å². The predicted molar refractivity (Wildman–Crippen MR) is 81.1 cm³/mol. The lowest BCUT2D eigenvalue weighted by molar-refractivity contribution is 0.0636. The molecule has 0 aliphatic rings. The first-order valence-corrected chi connectivity index (χ1v) is 6.95. The molecule has 2 heterocycles. The third-order valence-corrected chi connectivity index (χ3v) is 3.44. The summed E-state index contributed by atoms with van der Waals surface area (Å²) in [6.45, 7) is 8.66. The molecule has 112 valence electrons. The largest absolute Gasteiger partial charge is 0.508 e. The number of nitrogens with one attached hydrogen (secondary N) is 1. The maximum absolute atomic E-state index is 13.2. The number of anilines is 1. The van der Waals surface area contributed by atoms with Crippen LogP contribution >= 0.6 is 11.3 Å². The standard InChI is InChI=1S/C14H15FN2O3S/c1-7(18)10-11-9(5-8(15)6-16-11)21-12(10)17-13(19)20-14(2,3)4/h5-6,18H,1H2,2-4H3,(H,17,19). The summed E-state index contributed by atoms with van der Waals surface area (Å²) < 4.78 is 18.8. The molecule has 0 aliphatic carbocycles. The third kappa shape index (κ3) is 3.49. The van der Waals surface area contributed by atoms with E-state index < -0.39 is 17.5 Å². The molecule has 2 N–H and O–H groups in total. The molecule has 0 spiro atoms. The van der Waals surface area contributed by atoms with E-state index in [1.807, 2.05) is 0 Å². The van der Waals surface area contributed by atoms with Crippen LogP contribution in [0.25, 0.3) is 16.0 Å². The first-order valence-electron chi connectivity index (χ1n) is 6.13. The molecule has 2 aromatic heterocycles. The Balaban J connectivity index is 2.41. The van der Waals surface area contributed by atoms with Gasteiger partial charge in [0.1, 0.15) is 22.2 Å². The number of ether oxygens (including phenoxy) is 1. The van der Waals surface area contributed by atoms with Crippen LogP contribution in [0.5, 0.6) is 0 Å². The minimum absolute atomic E-state index is 0.258. The molecule has 0 saturated carbocycles. The van der Waals surface area contributed by atoms with Crippen LogP contribution in [0.15, 0.2) is 18.8 Å². The smallest absolute Gasteiger partial charge is 0.412 e. The number of carbonyl (C=O) groups excluding carboxylic acids is 1. The van der Waals surface area contributed by atoms with E-state index in [1.165, 1.54) is 6.07 Å². The number of hydrogen-bond acceptors (Lipinski definition) is 5. The van der Waals surface area contributed by atoms with Gasteiger partial charge in [-0.3, -0.25) is 10.3 Å². The van der Waals surface area contributed by atoms with Gasteiger partial charge in [0, 0.05) is 0 Å². The lowest BCUT2D eigenvalue weighted by Crippen LogP contribution is -2.27. The molecular weight excluding hydrogens is 295 g/mol. The third-order valence-electron chi connectivity index (χ3n) is 2.40. The molecule has 0 fully saturated rings. The quantitative estimate of drug-likeness (QED) is 0.811. The predicted octanol–water partition coefficient (Wildman–Crippen LogP) is 4.31. The van der Waals surface area contributed by atoms with Gasteiger partial charge in [-0.05, 0) is 26.8 Å². The molecule has 5 nitrogen and oxygen atoms in total. The Hall–Kier alpha value is -2.15. The van der Waals surface area contributed by atoms with Gasteiger partial charge >= 0.3 is 6.09 Å². The number of amides is 1. The summed E-state index contributed by atoms with van der Waals surface area (Å²) in [4.78, 5) is 15.7. The highest BCUT2D eigenvalue weighted by Crippen LogP contribution is 2.38. The molecule has 0 saturated heterocycles. The maximum atomic E-state index is 13.2. The van der Waals surface area contributed by atoms with Gasteiger partial charge in [0.05, 0.1) is 22.0 Å². The van der Waals surface area contributed by atoms with E-state index in [2.05, 4.69) is 16.9 Å². The van der Waals surface area contributed by atoms with Gasteiger partial charge in [0.25, 0.3) is 0 Å². The molecule has 0 unspecified atom stereocenters. The van der Waals surface area contributed by atoms with Gasteiger partial charge in [-0.25, -0.2) is 9.18 Å². The van der Waals surface area contributed by atoms with Crippen molar-refractivity contribution in [2.24, 2.45) is 0 Å². The summed E-state index contributed by atoms with van der Waals surface area (Å²) in [6.07, 6.45) is 0.371. The van der Waals surface area contributed by atoms with E-state index in [0.29, 0.717) is 15.2 Å². The normalized spacial score (nSPS) is 11.4. The lowest BCUT2D eigenvalue weighted by atomic mass is 10.2. The van der Waals surface area contributed by atoms with Gasteiger partial charge in [-0.2, -0.15) is 0 Å². The Kier molecular flexibility index (Phi) is 3.87. The molecule has 2 rings (SSSR count). The second kappa shape index (κ2) is 5.33. The number of nitrogens with zero attached hydrogens (tertiary/aromatic N) is 1. The zero-order valence-corrected chi connectivity index (χ0v) is 12.7. The molecule has 2 aromatic rings. The summed E-state index contributed by atoms with van der Waals surface area (Å²) in [5, 5.41) is 12.5. The molecule has 7 heteroatoms. The van der Waals surface area contributed by atoms with Crippen LogP contribution in [0.3, 0.4) is 0 Å². The van der Waals surface area contributed by atoms with Crippen molar-refractivity contribution < 1.29 is 19.0 Å². The Labute approximate surface area is 125 Å². The number of carbonyl (C=O) groups is 1. The number of halogens is 1. The summed E-state index contributed by atoms with van der Waals surface area (Å²) in [6, 6.07) is 1.28. The van der Waals surface area contributed by atoms with Gasteiger partial charge in [0.15, 0.2) is 0 Å². The zero-order chi connectivity index (χ0) is 15.8. The Morgan fingerprint density at radius 2 is 2.19 bits per heavy atom. The average Bonchev–Trinajstić information content (AvgIpc) is 2.62. The number of thiophene rings is 1. The Bertz CT molecular complexity index is 719. The minimum Gasteiger partial charge on any atom is -0.508 e. The van der Waals surface area contributed by atoms with Crippen LogP contribution in [0.2, 0.25) is 0 Å². The fourth-order valence-corrected chi connectivity index (χ4v) is 2.80. The highest BCUT2D eigenvalue weighted by Gasteiger charge is 2.21. The summed E-state index contributed by atoms with van der Waals surface area (Å²) in [5.41, 5.74) is -0.0116. The fourth-order valence-electron chi connectivity index (χ4n) is 1.71. The van der Waals surface area contributed by atoms with Crippen molar-refractivity contribution in [3.8, 4) is 0 Å². The van der Waals surface area contributed by atoms with Crippen molar-refractivity contribution >= 4 is 38.4 Å². The minimum atomic E-state index is -0.669. The van der Waals surface area contributed by atoms with Crippen LogP contribution in [0.4, 0.5) is 14.2 Å². The first kappa shape index (κ1) is 15.2. The average molecular weight is 310 g/mol. The van der Waals surface area contributed by atoms with Crippen molar-refractivity contribution in [1.29, 1.82) is 0 Å². The molecule has 0 aliphatic heterocycles. The van der Waals surface area contributed by atoms with Crippen molar-refractivity contribution in [1.82, 2.24) is 4.98 Å². The number of rotatable bonds is 2. The highest BCUT2D eigenvalue weighted by molar-refractivity contribution is 7.23. The monoisotopic (exact) mass is 310 g/mol. The Morgan fingerprint density at radius 3 is 2.76 bits per heavy atom. The summed E-state index contributed by atoms with van der Waals surface area (Å²) >= 11 is 1.09. The van der Waals surface area contributed by atoms with Gasteiger partial charge < -0.3 is 9.84 Å². The van der Waals surface area contributed by atoms with E-state index in [4.69, 9.17) is 4.74 Å². The van der Waals surface area contributed by atoms with Gasteiger partial charge in [-0.1, -0.05) is 6.58 Å². The number of pyridine rings is 1. The summed E-state index contributed by atoms with van der Waals surface area (Å²) in [7, 11) is 0. The molecule has 0 radical (unpaired) electrons. The van der Waals surface area contributed by atoms with E-state index in [9.17, 15) is 14.3 Å². The van der Waals surface area contributed by atoms with Crippen molar-refractivity contribution in [3.63, 3.8) is 0 Å². The van der Waals surface area contributed by atoms with Crippen LogP contribution in [0, 0.1) is 5.82 Å². The number of aliphatic hydroxyl groups excluding tert-OH is 1. The van der Waals surface area contributed by atoms with E-state index in [-0.39, 0.29) is 11.3 Å². The van der Waals surface area contributed by atoms with Crippen molar-refractivity contribution in [2.45, 2.75) is 26.4 Å². The number of fused-ring (bicyclic) bond motifs is 1. The maximum Gasteiger partial charge on any atom is 0.412 e. The van der Waals surface area contributed by atoms with Crippen LogP contribution in [-0.2, 0) is 4.74 Å². The fraction of sp³-hybridized carbons (Fsp3) is 0.286. The SMILES string of the molecule is C=C(O)c1c(NC(=O)OC(C)(C)C)sc2cc(F)cnc12. The number of aromatic nitrogens is 1. The Morgan fingerprint density at radius 1 is 1.52 bits per heavy atom. The second-order valence-corrected chi connectivity index (χ2v) is 6.43. The second-order valence-electron chi connectivity index (χ2n) is 5.38. The molecule has 1 amide bonds. The van der Waals surface area contributed by atoms with Crippen LogP contribution in [0.1, 0.15) is 26.3 Å². The van der Waals surface area contributed by atoms with Crippen LogP contribution < -0.4 is 5.32 Å². The highest BCUT2D eigenvalue weighted by atomic mass is 32.1. The van der Waals surface area contributed by atoms with E-state index in [1.54, 1.807) is 20.8 Å². The number of hydrogen-bond donors (Lipinski definition) is 2. The number of aliphatic hydroxyl groups is 1. The van der Waals surface area contributed by atoms with Gasteiger partial charge in [-0.15, -0.1) is 11.3 Å². The molecular formula is C14H15FN2O3S. The molecule has 0 bridgehead atoms. The first-order chi connectivity index (χ1) is 9.67. The summed E-state index contributed by atoms with van der Waals surface area (Å²) in [5.74, 6) is -0.755. The zero-order valence-electron chi connectivity index (χ0n) is 11.9.